The van der Waals surface area contributed by atoms with Gasteiger partial charge >= 0.3 is 0 Å². The topological polar surface area (TPSA) is 49.4 Å². The van der Waals surface area contributed by atoms with Gasteiger partial charge < -0.3 is 5.32 Å². The molecule has 3 rings (SSSR count). The predicted octanol–water partition coefficient (Wildman–Crippen LogP) is 6.02. The number of nitrogens with one attached hydrogen (secondary N) is 1. The number of rotatable bonds is 7. The van der Waals surface area contributed by atoms with Crippen molar-refractivity contribution in [1.29, 1.82) is 0 Å². The number of thiocarbonyl (C=S) groups is 1. The van der Waals surface area contributed by atoms with E-state index in [2.05, 4.69) is 21.2 Å². The number of anilines is 1. The average molecular weight is 501 g/mol. The number of thioether (sulfide) groups is 1. The van der Waals surface area contributed by atoms with Gasteiger partial charge in [0, 0.05) is 17.4 Å². The van der Waals surface area contributed by atoms with Gasteiger partial charge in [0.1, 0.15) is 4.32 Å². The average Bonchev–Trinajstić information content (AvgIpc) is 2.97. The van der Waals surface area contributed by atoms with E-state index in [-0.39, 0.29) is 11.8 Å². The Morgan fingerprint density at radius 2 is 1.87 bits per heavy atom. The van der Waals surface area contributed by atoms with E-state index in [9.17, 15) is 9.59 Å². The zero-order chi connectivity index (χ0) is 21.5. The van der Waals surface area contributed by atoms with Gasteiger partial charge in [-0.05, 0) is 58.6 Å². The number of amides is 2. The largest absolute Gasteiger partial charge is 0.325 e. The highest BCUT2D eigenvalue weighted by molar-refractivity contribution is 9.10. The molecule has 1 fully saturated rings. The summed E-state index contributed by atoms with van der Waals surface area (Å²) < 4.78 is 1.37. The van der Waals surface area contributed by atoms with E-state index >= 15 is 0 Å². The molecule has 0 bridgehead atoms. The van der Waals surface area contributed by atoms with Crippen molar-refractivity contribution in [3.63, 3.8) is 0 Å². The highest BCUT2D eigenvalue weighted by atomic mass is 79.9. The van der Waals surface area contributed by atoms with Crippen molar-refractivity contribution < 1.29 is 9.59 Å². The SMILES string of the molecule is CC(=Cc1ccccc1)C=C1SC(=S)N(CCCC(=O)Nc2ccccc2Br)C1=O. The van der Waals surface area contributed by atoms with Crippen LogP contribution < -0.4 is 5.32 Å². The van der Waals surface area contributed by atoms with Crippen LogP contribution in [0.25, 0.3) is 6.08 Å². The van der Waals surface area contributed by atoms with Gasteiger partial charge in [0.25, 0.3) is 5.91 Å². The Bertz CT molecular complexity index is 1020. The van der Waals surface area contributed by atoms with Gasteiger partial charge in [-0.1, -0.05) is 72.5 Å². The van der Waals surface area contributed by atoms with Crippen molar-refractivity contribution in [2.45, 2.75) is 19.8 Å². The highest BCUT2D eigenvalue weighted by Crippen LogP contribution is 2.32. The number of benzene rings is 2. The Balaban J connectivity index is 1.54. The van der Waals surface area contributed by atoms with Crippen LogP contribution in [0.5, 0.6) is 0 Å². The lowest BCUT2D eigenvalue weighted by molar-refractivity contribution is -0.122. The van der Waals surface area contributed by atoms with Crippen LogP contribution in [0.2, 0.25) is 0 Å². The van der Waals surface area contributed by atoms with Crippen molar-refractivity contribution in [3.8, 4) is 0 Å². The van der Waals surface area contributed by atoms with E-state index in [0.29, 0.717) is 28.6 Å². The molecule has 2 amide bonds. The fourth-order valence-corrected chi connectivity index (χ4v) is 4.67. The zero-order valence-electron chi connectivity index (χ0n) is 16.4. The Morgan fingerprint density at radius 1 is 1.17 bits per heavy atom. The lowest BCUT2D eigenvalue weighted by Gasteiger charge is -2.14. The number of hydrogen-bond acceptors (Lipinski definition) is 4. The minimum atomic E-state index is -0.1000. The molecule has 7 heteroatoms. The van der Waals surface area contributed by atoms with Gasteiger partial charge in [0.15, 0.2) is 0 Å². The maximum Gasteiger partial charge on any atom is 0.266 e. The monoisotopic (exact) mass is 500 g/mol. The first-order chi connectivity index (χ1) is 14.4. The minimum Gasteiger partial charge on any atom is -0.325 e. The fraction of sp³-hybridized carbons (Fsp3) is 0.174. The second kappa shape index (κ2) is 10.7. The molecule has 0 radical (unpaired) electrons. The fourth-order valence-electron chi connectivity index (χ4n) is 2.93. The van der Waals surface area contributed by atoms with E-state index in [4.69, 9.17) is 12.2 Å². The van der Waals surface area contributed by atoms with E-state index in [0.717, 1.165) is 21.3 Å². The molecule has 0 aliphatic carbocycles. The summed E-state index contributed by atoms with van der Waals surface area (Å²) in [6, 6.07) is 17.4. The van der Waals surface area contributed by atoms with Crippen LogP contribution in [-0.2, 0) is 9.59 Å². The molecule has 0 unspecified atom stereocenters. The van der Waals surface area contributed by atoms with Crippen LogP contribution >= 0.6 is 39.9 Å². The Labute approximate surface area is 194 Å². The second-order valence-corrected chi connectivity index (χ2v) is 9.29. The van der Waals surface area contributed by atoms with Crippen LogP contribution in [0.1, 0.15) is 25.3 Å². The third-order valence-electron chi connectivity index (χ3n) is 4.36. The molecule has 30 heavy (non-hydrogen) atoms. The standard InChI is InChI=1S/C23H21BrN2O2S2/c1-16(14-17-8-3-2-4-9-17)15-20-22(28)26(23(29)30-20)13-7-12-21(27)25-19-11-6-5-10-18(19)24/h2-6,8-11,14-15H,7,12-13H2,1H3,(H,25,27). The van der Waals surface area contributed by atoms with Gasteiger partial charge in [-0.2, -0.15) is 0 Å². The van der Waals surface area contributed by atoms with Gasteiger partial charge in [0.2, 0.25) is 5.91 Å². The number of carbonyl (C=O) groups excluding carboxylic acids is 2. The Morgan fingerprint density at radius 3 is 2.60 bits per heavy atom. The predicted molar refractivity (Wildman–Crippen MR) is 132 cm³/mol. The van der Waals surface area contributed by atoms with Gasteiger partial charge in [-0.25, -0.2) is 0 Å². The summed E-state index contributed by atoms with van der Waals surface area (Å²) in [6.45, 7) is 2.39. The quantitative estimate of drug-likeness (QED) is 0.373. The second-order valence-electron chi connectivity index (χ2n) is 6.76. The van der Waals surface area contributed by atoms with Gasteiger partial charge in [-0.3, -0.25) is 14.5 Å². The van der Waals surface area contributed by atoms with E-state index in [1.165, 1.54) is 11.8 Å². The summed E-state index contributed by atoms with van der Waals surface area (Å²) in [7, 11) is 0. The normalized spacial score (nSPS) is 15.7. The molecule has 1 aliphatic heterocycles. The smallest absolute Gasteiger partial charge is 0.266 e. The number of carbonyl (C=O) groups is 2. The molecule has 1 N–H and O–H groups in total. The summed E-state index contributed by atoms with van der Waals surface area (Å²) in [6.07, 6.45) is 4.74. The molecule has 1 saturated heterocycles. The number of para-hydroxylation sites is 1. The lowest BCUT2D eigenvalue weighted by Crippen LogP contribution is -2.29. The molecule has 0 atom stereocenters. The van der Waals surface area contributed by atoms with Crippen molar-refractivity contribution in [2.75, 3.05) is 11.9 Å². The Kier molecular flexibility index (Phi) is 8.01. The first kappa shape index (κ1) is 22.5. The van der Waals surface area contributed by atoms with Crippen LogP contribution in [0.15, 0.2) is 75.6 Å². The molecular weight excluding hydrogens is 480 g/mol. The first-order valence-electron chi connectivity index (χ1n) is 9.47. The summed E-state index contributed by atoms with van der Waals surface area (Å²) in [4.78, 5) is 27.1. The van der Waals surface area contributed by atoms with E-state index in [1.54, 1.807) is 4.90 Å². The summed E-state index contributed by atoms with van der Waals surface area (Å²) in [5.41, 5.74) is 2.80. The van der Waals surface area contributed by atoms with Crippen molar-refractivity contribution in [1.82, 2.24) is 4.90 Å². The van der Waals surface area contributed by atoms with Crippen molar-refractivity contribution in [3.05, 3.63) is 81.2 Å². The molecule has 1 heterocycles. The summed E-state index contributed by atoms with van der Waals surface area (Å²) in [5, 5.41) is 2.87. The summed E-state index contributed by atoms with van der Waals surface area (Å²) in [5.74, 6) is -0.193. The molecule has 0 aromatic heterocycles. The van der Waals surface area contributed by atoms with E-state index in [1.807, 2.05) is 73.7 Å². The summed E-state index contributed by atoms with van der Waals surface area (Å²) >= 11 is 10.1. The number of hydrogen-bond donors (Lipinski definition) is 1. The highest BCUT2D eigenvalue weighted by Gasteiger charge is 2.31. The number of allylic oxidation sites excluding steroid dienone is 2. The first-order valence-corrected chi connectivity index (χ1v) is 11.5. The molecule has 0 spiro atoms. The molecule has 0 saturated carbocycles. The molecule has 2 aromatic carbocycles. The maximum absolute atomic E-state index is 12.7. The molecule has 1 aliphatic rings. The van der Waals surface area contributed by atoms with Gasteiger partial charge in [0.05, 0.1) is 10.6 Å². The number of nitrogens with zero attached hydrogens (tertiary/aromatic N) is 1. The molecular formula is C23H21BrN2O2S2. The molecule has 154 valence electrons. The van der Waals surface area contributed by atoms with Crippen LogP contribution in [0.3, 0.4) is 0 Å². The van der Waals surface area contributed by atoms with E-state index < -0.39 is 0 Å². The van der Waals surface area contributed by atoms with Crippen LogP contribution in [0.4, 0.5) is 5.69 Å². The Hall–Kier alpha value is -2.22. The van der Waals surface area contributed by atoms with Gasteiger partial charge in [-0.15, -0.1) is 0 Å². The zero-order valence-corrected chi connectivity index (χ0v) is 19.6. The third-order valence-corrected chi connectivity index (χ3v) is 6.43. The lowest BCUT2D eigenvalue weighted by atomic mass is 10.1. The van der Waals surface area contributed by atoms with Crippen LogP contribution in [-0.4, -0.2) is 27.6 Å². The molecule has 4 nitrogen and oxygen atoms in total. The maximum atomic E-state index is 12.7. The van der Waals surface area contributed by atoms with Crippen molar-refractivity contribution in [2.24, 2.45) is 0 Å². The minimum absolute atomic E-state index is 0.0930. The number of halogens is 1. The van der Waals surface area contributed by atoms with Crippen LogP contribution in [0, 0.1) is 0 Å². The molecule has 2 aromatic rings. The third kappa shape index (κ3) is 6.14. The van der Waals surface area contributed by atoms with Crippen molar-refractivity contribution >= 4 is 67.8 Å².